The maximum Gasteiger partial charge on any atom is 0.262 e. The number of nitrogens with zero attached hydrogens (tertiary/aromatic N) is 4. The molecular weight excluding hydrogens is 508 g/mol. The fraction of sp³-hybridized carbons (Fsp3) is 0.200. The zero-order chi connectivity index (χ0) is 26.9. The fourth-order valence-corrected chi connectivity index (χ4v) is 5.01. The van der Waals surface area contributed by atoms with Gasteiger partial charge in [-0.05, 0) is 71.4 Å². The first-order chi connectivity index (χ1) is 19.2. The maximum absolute atomic E-state index is 12.5. The van der Waals surface area contributed by atoms with Crippen molar-refractivity contribution in [3.05, 3.63) is 102 Å². The number of rotatable bonds is 12. The molecule has 0 fully saturated rings. The molecule has 4 aromatic carbocycles. The van der Waals surface area contributed by atoms with Crippen molar-refractivity contribution in [1.29, 1.82) is 0 Å². The summed E-state index contributed by atoms with van der Waals surface area (Å²) >= 11 is 1.63. The van der Waals surface area contributed by atoms with Gasteiger partial charge in [0.25, 0.3) is 5.91 Å². The highest BCUT2D eigenvalue weighted by atomic mass is 32.2. The monoisotopic (exact) mass is 538 g/mol. The van der Waals surface area contributed by atoms with Crippen molar-refractivity contribution in [3.8, 4) is 11.4 Å². The van der Waals surface area contributed by atoms with Crippen LogP contribution < -0.4 is 15.4 Å². The van der Waals surface area contributed by atoms with Gasteiger partial charge in [0, 0.05) is 23.5 Å². The largest absolute Gasteiger partial charge is 0.483 e. The van der Waals surface area contributed by atoms with E-state index in [0.29, 0.717) is 12.3 Å². The summed E-state index contributed by atoms with van der Waals surface area (Å²) in [7, 11) is 0. The van der Waals surface area contributed by atoms with Crippen molar-refractivity contribution in [3.63, 3.8) is 0 Å². The van der Waals surface area contributed by atoms with E-state index in [1.165, 1.54) is 0 Å². The van der Waals surface area contributed by atoms with Crippen LogP contribution in [-0.4, -0.2) is 45.0 Å². The molecule has 0 aliphatic heterocycles. The Kier molecular flexibility index (Phi) is 8.82. The van der Waals surface area contributed by atoms with Crippen molar-refractivity contribution < 1.29 is 9.53 Å². The summed E-state index contributed by atoms with van der Waals surface area (Å²) in [6.07, 6.45) is 0.937. The summed E-state index contributed by atoms with van der Waals surface area (Å²) in [5, 5.41) is 21.6. The third kappa shape index (κ3) is 7.01. The number of hydrogen-bond donors (Lipinski definition) is 2. The van der Waals surface area contributed by atoms with Gasteiger partial charge in [-0.3, -0.25) is 4.79 Å². The van der Waals surface area contributed by atoms with Crippen molar-refractivity contribution in [1.82, 2.24) is 25.5 Å². The van der Waals surface area contributed by atoms with Gasteiger partial charge in [-0.1, -0.05) is 78.0 Å². The molecule has 1 aromatic heterocycles. The third-order valence-electron chi connectivity index (χ3n) is 6.16. The highest BCUT2D eigenvalue weighted by Crippen LogP contribution is 2.28. The van der Waals surface area contributed by atoms with Gasteiger partial charge in [0.15, 0.2) is 6.61 Å². The van der Waals surface area contributed by atoms with Gasteiger partial charge in [-0.25, -0.2) is 0 Å². The summed E-state index contributed by atoms with van der Waals surface area (Å²) in [4.78, 5) is 12.5. The molecule has 8 nitrogen and oxygen atoms in total. The number of amides is 1. The number of ether oxygens (including phenoxy) is 1. The Morgan fingerprint density at radius 3 is 2.59 bits per heavy atom. The molecule has 0 unspecified atom stereocenters. The van der Waals surface area contributed by atoms with Crippen LogP contribution in [0.1, 0.15) is 17.5 Å². The van der Waals surface area contributed by atoms with E-state index in [-0.39, 0.29) is 12.5 Å². The van der Waals surface area contributed by atoms with Crippen LogP contribution in [0.4, 0.5) is 5.69 Å². The zero-order valence-electron chi connectivity index (χ0n) is 21.7. The maximum atomic E-state index is 12.5. The number of carbonyl (C=O) groups is 1. The number of anilines is 1. The van der Waals surface area contributed by atoms with Gasteiger partial charge in [-0.15, -0.1) is 5.10 Å². The molecule has 198 valence electrons. The number of aryl methyl sites for hydroxylation is 1. The zero-order valence-corrected chi connectivity index (χ0v) is 22.5. The number of benzene rings is 4. The molecule has 5 rings (SSSR count). The minimum absolute atomic E-state index is 0.0635. The number of para-hydroxylation sites is 1. The van der Waals surface area contributed by atoms with E-state index in [2.05, 4.69) is 38.3 Å². The molecule has 0 saturated heterocycles. The molecule has 0 saturated carbocycles. The van der Waals surface area contributed by atoms with Crippen LogP contribution in [0.15, 0.2) is 96.2 Å². The standard InChI is InChI=1S/C30H30N6O2S/c1-22-12-15-24(16-13-22)32-29(37)21-38-28-17-14-23-8-5-6-11-26(23)27(28)20-31-18-7-19-39-30-33-34-35-36(30)25-9-3-2-4-10-25/h2-6,8-17,31H,7,18-21H2,1H3,(H,32,37). The Labute approximate surface area is 231 Å². The molecule has 5 aromatic rings. The summed E-state index contributed by atoms with van der Waals surface area (Å²) < 4.78 is 7.76. The van der Waals surface area contributed by atoms with Crippen molar-refractivity contribution in [2.75, 3.05) is 24.2 Å². The van der Waals surface area contributed by atoms with Crippen molar-refractivity contribution >= 4 is 34.1 Å². The second kappa shape index (κ2) is 13.0. The van der Waals surface area contributed by atoms with E-state index in [4.69, 9.17) is 4.74 Å². The van der Waals surface area contributed by atoms with Gasteiger partial charge in [0.05, 0.1) is 5.69 Å². The first-order valence-corrected chi connectivity index (χ1v) is 13.8. The van der Waals surface area contributed by atoms with Crippen LogP contribution in [0.3, 0.4) is 0 Å². The first kappa shape index (κ1) is 26.4. The Morgan fingerprint density at radius 1 is 0.949 bits per heavy atom. The molecule has 0 bridgehead atoms. The van der Waals surface area contributed by atoms with Crippen LogP contribution in [0, 0.1) is 6.92 Å². The minimum Gasteiger partial charge on any atom is -0.483 e. The predicted octanol–water partition coefficient (Wildman–Crippen LogP) is 5.41. The second-order valence-corrected chi connectivity index (χ2v) is 10.1. The van der Waals surface area contributed by atoms with E-state index in [0.717, 1.165) is 57.1 Å². The molecule has 0 radical (unpaired) electrons. The molecule has 2 N–H and O–H groups in total. The molecule has 1 heterocycles. The average molecular weight is 539 g/mol. The summed E-state index contributed by atoms with van der Waals surface area (Å²) in [6, 6.07) is 29.8. The minimum atomic E-state index is -0.194. The lowest BCUT2D eigenvalue weighted by Gasteiger charge is -2.15. The number of tetrazole rings is 1. The summed E-state index contributed by atoms with van der Waals surface area (Å²) in [6.45, 7) is 3.39. The van der Waals surface area contributed by atoms with Crippen LogP contribution in [-0.2, 0) is 11.3 Å². The fourth-order valence-electron chi connectivity index (χ4n) is 4.18. The topological polar surface area (TPSA) is 94.0 Å². The summed E-state index contributed by atoms with van der Waals surface area (Å²) in [5.41, 5.74) is 3.88. The van der Waals surface area contributed by atoms with E-state index >= 15 is 0 Å². The molecule has 39 heavy (non-hydrogen) atoms. The number of hydrogen-bond acceptors (Lipinski definition) is 7. The van der Waals surface area contributed by atoms with E-state index in [1.807, 2.05) is 85.8 Å². The van der Waals surface area contributed by atoms with E-state index in [1.54, 1.807) is 16.4 Å². The van der Waals surface area contributed by atoms with Crippen LogP contribution in [0.25, 0.3) is 16.5 Å². The Hall–Kier alpha value is -4.21. The predicted molar refractivity (Wildman–Crippen MR) is 155 cm³/mol. The lowest BCUT2D eigenvalue weighted by molar-refractivity contribution is -0.118. The number of nitrogens with one attached hydrogen (secondary N) is 2. The smallest absolute Gasteiger partial charge is 0.262 e. The molecule has 0 aliphatic carbocycles. The molecular formula is C30H30N6O2S. The van der Waals surface area contributed by atoms with Gasteiger partial charge in [0.2, 0.25) is 5.16 Å². The Morgan fingerprint density at radius 2 is 1.74 bits per heavy atom. The molecule has 9 heteroatoms. The highest BCUT2D eigenvalue weighted by molar-refractivity contribution is 7.99. The van der Waals surface area contributed by atoms with Gasteiger partial charge >= 0.3 is 0 Å². The van der Waals surface area contributed by atoms with Crippen molar-refractivity contribution in [2.45, 2.75) is 25.0 Å². The molecule has 0 atom stereocenters. The molecule has 0 spiro atoms. The van der Waals surface area contributed by atoms with Crippen molar-refractivity contribution in [2.24, 2.45) is 0 Å². The number of carbonyl (C=O) groups excluding carboxylic acids is 1. The average Bonchev–Trinajstić information content (AvgIpc) is 3.44. The first-order valence-electron chi connectivity index (χ1n) is 12.8. The van der Waals surface area contributed by atoms with Gasteiger partial charge in [-0.2, -0.15) is 4.68 Å². The summed E-state index contributed by atoms with van der Waals surface area (Å²) in [5.74, 6) is 1.38. The van der Waals surface area contributed by atoms with Gasteiger partial charge in [0.1, 0.15) is 5.75 Å². The van der Waals surface area contributed by atoms with Crippen LogP contribution >= 0.6 is 11.8 Å². The third-order valence-corrected chi connectivity index (χ3v) is 7.17. The number of fused-ring (bicyclic) bond motifs is 1. The van der Waals surface area contributed by atoms with E-state index in [9.17, 15) is 4.79 Å². The number of thioether (sulfide) groups is 1. The van der Waals surface area contributed by atoms with Gasteiger partial charge < -0.3 is 15.4 Å². The Balaban J connectivity index is 1.15. The lowest BCUT2D eigenvalue weighted by atomic mass is 10.0. The molecule has 0 aliphatic rings. The highest BCUT2D eigenvalue weighted by Gasteiger charge is 2.12. The lowest BCUT2D eigenvalue weighted by Crippen LogP contribution is -2.21. The quantitative estimate of drug-likeness (QED) is 0.162. The molecule has 1 amide bonds. The Bertz CT molecular complexity index is 1520. The normalized spacial score (nSPS) is 11.0. The van der Waals surface area contributed by atoms with E-state index < -0.39 is 0 Å². The second-order valence-electron chi connectivity index (χ2n) is 9.05. The van der Waals surface area contributed by atoms with Crippen LogP contribution in [0.2, 0.25) is 0 Å². The SMILES string of the molecule is Cc1ccc(NC(=O)COc2ccc3ccccc3c2CNCCCSc2nnnn2-c2ccccc2)cc1. The van der Waals surface area contributed by atoms with Crippen LogP contribution in [0.5, 0.6) is 5.75 Å². The number of aromatic nitrogens is 4.